The molecule has 0 saturated carbocycles. The molecule has 138 valence electrons. The average molecular weight is 348 g/mol. The Labute approximate surface area is 149 Å². The van der Waals surface area contributed by atoms with Gasteiger partial charge in [0.15, 0.2) is 0 Å². The largest absolute Gasteiger partial charge is 0.462 e. The first-order valence-electron chi connectivity index (χ1n) is 8.63. The summed E-state index contributed by atoms with van der Waals surface area (Å²) in [5, 5.41) is 0. The first-order chi connectivity index (χ1) is 11.6. The molecule has 1 rings (SSSR count). The van der Waals surface area contributed by atoms with E-state index in [-0.39, 0.29) is 11.8 Å². The molecule has 0 N–H and O–H groups in total. The van der Waals surface area contributed by atoms with Crippen molar-refractivity contribution in [3.63, 3.8) is 0 Å². The maximum Gasteiger partial charge on any atom is 0.338 e. The van der Waals surface area contributed by atoms with E-state index in [9.17, 15) is 14.4 Å². The lowest BCUT2D eigenvalue weighted by atomic mass is 9.96. The Balaban J connectivity index is 2.57. The zero-order valence-electron chi connectivity index (χ0n) is 15.8. The Morgan fingerprint density at radius 1 is 1.08 bits per heavy atom. The number of ether oxygens (including phenoxy) is 2. The number of Topliss-reactive ketones (excluding diaryl/α,β-unsaturated/α-hetero) is 1. The van der Waals surface area contributed by atoms with Crippen LogP contribution in [0.2, 0.25) is 0 Å². The molecular weight excluding hydrogens is 320 g/mol. The van der Waals surface area contributed by atoms with E-state index in [1.807, 2.05) is 12.1 Å². The summed E-state index contributed by atoms with van der Waals surface area (Å²) < 4.78 is 10.3. The normalized spacial score (nSPS) is 12.4. The minimum absolute atomic E-state index is 0.174. The van der Waals surface area contributed by atoms with Gasteiger partial charge in [0.1, 0.15) is 17.3 Å². The Hall–Kier alpha value is -2.17. The molecule has 0 saturated heterocycles. The van der Waals surface area contributed by atoms with E-state index < -0.39 is 17.5 Å². The summed E-state index contributed by atoms with van der Waals surface area (Å²) in [6.07, 6.45) is 1.85. The number of rotatable bonds is 8. The van der Waals surface area contributed by atoms with Crippen molar-refractivity contribution in [1.29, 1.82) is 0 Å². The second kappa shape index (κ2) is 9.35. The van der Waals surface area contributed by atoms with E-state index >= 15 is 0 Å². The first-order valence-corrected chi connectivity index (χ1v) is 8.63. The lowest BCUT2D eigenvalue weighted by Crippen LogP contribution is -2.32. The van der Waals surface area contributed by atoms with Crippen molar-refractivity contribution >= 4 is 17.7 Å². The minimum Gasteiger partial charge on any atom is -0.462 e. The number of aryl methyl sites for hydroxylation is 1. The summed E-state index contributed by atoms with van der Waals surface area (Å²) in [7, 11) is 0. The smallest absolute Gasteiger partial charge is 0.338 e. The quantitative estimate of drug-likeness (QED) is 0.529. The Morgan fingerprint density at radius 3 is 2.16 bits per heavy atom. The second-order valence-corrected chi connectivity index (χ2v) is 7.01. The van der Waals surface area contributed by atoms with Gasteiger partial charge in [-0.05, 0) is 71.6 Å². The van der Waals surface area contributed by atoms with Crippen molar-refractivity contribution in [3.05, 3.63) is 35.4 Å². The fourth-order valence-corrected chi connectivity index (χ4v) is 2.39. The van der Waals surface area contributed by atoms with E-state index in [0.29, 0.717) is 25.0 Å². The summed E-state index contributed by atoms with van der Waals surface area (Å²) in [6, 6.07) is 7.18. The van der Waals surface area contributed by atoms with Crippen molar-refractivity contribution in [1.82, 2.24) is 0 Å². The molecular formula is C20H28O5. The molecule has 5 heteroatoms. The molecule has 0 amide bonds. The summed E-state index contributed by atoms with van der Waals surface area (Å²) >= 11 is 0. The molecule has 0 aliphatic rings. The number of ketones is 1. The van der Waals surface area contributed by atoms with Gasteiger partial charge in [0.25, 0.3) is 0 Å². The van der Waals surface area contributed by atoms with Crippen LogP contribution in [-0.4, -0.2) is 29.9 Å². The molecule has 1 atom stereocenters. The predicted molar refractivity (Wildman–Crippen MR) is 95.4 cm³/mol. The number of carbonyl (C=O) groups excluding carboxylic acids is 3. The Kier molecular flexibility index (Phi) is 7.81. The van der Waals surface area contributed by atoms with Gasteiger partial charge in [0.2, 0.25) is 0 Å². The van der Waals surface area contributed by atoms with Crippen LogP contribution in [0.25, 0.3) is 0 Å². The summed E-state index contributed by atoms with van der Waals surface area (Å²) in [5.74, 6) is -1.70. The molecule has 0 aliphatic carbocycles. The minimum atomic E-state index is -0.724. The van der Waals surface area contributed by atoms with Gasteiger partial charge in [-0.3, -0.25) is 9.59 Å². The summed E-state index contributed by atoms with van der Waals surface area (Å²) in [6.45, 7) is 8.89. The van der Waals surface area contributed by atoms with Gasteiger partial charge >= 0.3 is 11.9 Å². The van der Waals surface area contributed by atoms with Crippen LogP contribution < -0.4 is 0 Å². The van der Waals surface area contributed by atoms with Crippen molar-refractivity contribution in [2.24, 2.45) is 5.92 Å². The topological polar surface area (TPSA) is 69.7 Å². The van der Waals surface area contributed by atoms with Gasteiger partial charge in [0, 0.05) is 0 Å². The van der Waals surface area contributed by atoms with E-state index in [1.54, 1.807) is 39.8 Å². The van der Waals surface area contributed by atoms with Crippen molar-refractivity contribution in [2.75, 3.05) is 6.61 Å². The zero-order chi connectivity index (χ0) is 19.0. The molecule has 1 aromatic rings. The maximum absolute atomic E-state index is 12.1. The Bertz CT molecular complexity index is 596. The SMILES string of the molecule is CCOC(=O)c1ccc(CCC[C@@H](C(C)=O)C(=O)OC(C)(C)C)cc1. The molecule has 0 fully saturated rings. The van der Waals surface area contributed by atoms with Gasteiger partial charge in [-0.1, -0.05) is 12.1 Å². The molecule has 0 bridgehead atoms. The second-order valence-electron chi connectivity index (χ2n) is 7.01. The predicted octanol–water partition coefficient (Wildman–Crippen LogP) is 3.73. The highest BCUT2D eigenvalue weighted by atomic mass is 16.6. The molecule has 0 aliphatic heterocycles. The number of hydrogen-bond acceptors (Lipinski definition) is 5. The number of hydrogen-bond donors (Lipinski definition) is 0. The van der Waals surface area contributed by atoms with E-state index in [1.165, 1.54) is 6.92 Å². The number of benzene rings is 1. The van der Waals surface area contributed by atoms with Gasteiger partial charge in [-0.25, -0.2) is 4.79 Å². The van der Waals surface area contributed by atoms with E-state index in [0.717, 1.165) is 12.0 Å². The molecule has 0 heterocycles. The van der Waals surface area contributed by atoms with Crippen LogP contribution in [0.1, 0.15) is 63.4 Å². The van der Waals surface area contributed by atoms with Crippen LogP contribution in [0.4, 0.5) is 0 Å². The average Bonchev–Trinajstić information content (AvgIpc) is 2.50. The lowest BCUT2D eigenvalue weighted by Gasteiger charge is -2.22. The van der Waals surface area contributed by atoms with Crippen molar-refractivity contribution < 1.29 is 23.9 Å². The maximum atomic E-state index is 12.1. The monoisotopic (exact) mass is 348 g/mol. The highest BCUT2D eigenvalue weighted by Gasteiger charge is 2.28. The fourth-order valence-electron chi connectivity index (χ4n) is 2.39. The molecule has 25 heavy (non-hydrogen) atoms. The zero-order valence-corrected chi connectivity index (χ0v) is 15.8. The van der Waals surface area contributed by atoms with Gasteiger partial charge < -0.3 is 9.47 Å². The molecule has 0 radical (unpaired) electrons. The third-order valence-electron chi connectivity index (χ3n) is 3.61. The fraction of sp³-hybridized carbons (Fsp3) is 0.550. The van der Waals surface area contributed by atoms with Crippen LogP contribution in [0.15, 0.2) is 24.3 Å². The standard InChI is InChI=1S/C20H28O5/c1-6-24-18(22)16-12-10-15(11-13-16)8-7-9-17(14(2)21)19(23)25-20(3,4)5/h10-13,17H,6-9H2,1-5H3/t17-/m0/s1. The Morgan fingerprint density at radius 2 is 1.68 bits per heavy atom. The molecule has 0 aromatic heterocycles. The highest BCUT2D eigenvalue weighted by molar-refractivity contribution is 5.97. The van der Waals surface area contributed by atoms with Gasteiger partial charge in [-0.2, -0.15) is 0 Å². The first kappa shape index (κ1) is 20.9. The highest BCUT2D eigenvalue weighted by Crippen LogP contribution is 2.18. The van der Waals surface area contributed by atoms with Crippen molar-refractivity contribution in [3.8, 4) is 0 Å². The summed E-state index contributed by atoms with van der Waals surface area (Å²) in [4.78, 5) is 35.5. The lowest BCUT2D eigenvalue weighted by molar-refractivity contribution is -0.162. The van der Waals surface area contributed by atoms with Crippen LogP contribution in [0.5, 0.6) is 0 Å². The van der Waals surface area contributed by atoms with Crippen LogP contribution in [0.3, 0.4) is 0 Å². The van der Waals surface area contributed by atoms with Crippen LogP contribution >= 0.6 is 0 Å². The number of esters is 2. The van der Waals surface area contributed by atoms with E-state index in [4.69, 9.17) is 9.47 Å². The summed E-state index contributed by atoms with van der Waals surface area (Å²) in [5.41, 5.74) is 0.953. The van der Waals surface area contributed by atoms with E-state index in [2.05, 4.69) is 0 Å². The van der Waals surface area contributed by atoms with Gasteiger partial charge in [0.05, 0.1) is 12.2 Å². The molecule has 0 spiro atoms. The number of carbonyl (C=O) groups is 3. The molecule has 0 unspecified atom stereocenters. The van der Waals surface area contributed by atoms with Crippen molar-refractivity contribution in [2.45, 2.75) is 59.5 Å². The van der Waals surface area contributed by atoms with Crippen LogP contribution in [-0.2, 0) is 25.5 Å². The van der Waals surface area contributed by atoms with Crippen LogP contribution in [0, 0.1) is 5.92 Å². The third kappa shape index (κ3) is 7.50. The van der Waals surface area contributed by atoms with Gasteiger partial charge in [-0.15, -0.1) is 0 Å². The molecule has 1 aromatic carbocycles. The molecule has 5 nitrogen and oxygen atoms in total. The third-order valence-corrected chi connectivity index (χ3v) is 3.61.